The van der Waals surface area contributed by atoms with E-state index in [-0.39, 0.29) is 39.4 Å². The third-order valence-electron chi connectivity index (χ3n) is 6.61. The van der Waals surface area contributed by atoms with Crippen molar-refractivity contribution in [1.82, 2.24) is 10.3 Å². The lowest BCUT2D eigenvalue weighted by molar-refractivity contribution is -0.122. The van der Waals surface area contributed by atoms with Crippen LogP contribution in [-0.2, 0) is 4.79 Å². The van der Waals surface area contributed by atoms with Gasteiger partial charge in [0.25, 0.3) is 0 Å². The Morgan fingerprint density at radius 2 is 1.69 bits per heavy atom. The lowest BCUT2D eigenvalue weighted by Gasteiger charge is -2.31. The maximum Gasteiger partial charge on any atom is 0.236 e. The average molecular weight is 527 g/mol. The van der Waals surface area contributed by atoms with Gasteiger partial charge in [0, 0.05) is 23.7 Å². The van der Waals surface area contributed by atoms with Gasteiger partial charge in [-0.25, -0.2) is 0 Å². The van der Waals surface area contributed by atoms with Crippen molar-refractivity contribution in [3.8, 4) is 11.1 Å². The van der Waals surface area contributed by atoms with Gasteiger partial charge in [0.05, 0.1) is 38.4 Å². The van der Waals surface area contributed by atoms with Gasteiger partial charge in [0.15, 0.2) is 12.1 Å². The summed E-state index contributed by atoms with van der Waals surface area (Å²) in [5, 5.41) is 7.95. The number of pyridine rings is 1. The molecule has 0 radical (unpaired) electrons. The van der Waals surface area contributed by atoms with Gasteiger partial charge in [-0.3, -0.25) is 19.4 Å². The molecule has 0 saturated heterocycles. The van der Waals surface area contributed by atoms with E-state index in [1.54, 1.807) is 25.3 Å². The van der Waals surface area contributed by atoms with E-state index >= 15 is 0 Å². The molecule has 4 rings (SSSR count). The van der Waals surface area contributed by atoms with E-state index in [0.29, 0.717) is 11.8 Å². The Kier molecular flexibility index (Phi) is 7.93. The monoisotopic (exact) mass is 526 g/mol. The number of Topliss-reactive ketones (excluding diaryl/α,β-unsaturated/α-hetero) is 1. The van der Waals surface area contributed by atoms with Crippen molar-refractivity contribution in [2.75, 3.05) is 5.32 Å². The molecule has 188 valence electrons. The molecule has 0 bridgehead atoms. The molecule has 1 aliphatic rings. The number of aromatic nitrogens is 1. The molecule has 7 nitrogen and oxygen atoms in total. The molecule has 1 amide bonds. The number of fused-ring (bicyclic) bond motifs is 1. The third kappa shape index (κ3) is 5.53. The van der Waals surface area contributed by atoms with E-state index in [2.05, 4.69) is 15.6 Å². The quantitative estimate of drug-likeness (QED) is 0.280. The van der Waals surface area contributed by atoms with E-state index in [4.69, 9.17) is 28.9 Å². The number of amides is 1. The van der Waals surface area contributed by atoms with Crippen LogP contribution in [0.25, 0.3) is 22.0 Å². The summed E-state index contributed by atoms with van der Waals surface area (Å²) in [6.07, 6.45) is 5.55. The first-order chi connectivity index (χ1) is 17.2. The van der Waals surface area contributed by atoms with E-state index in [9.17, 15) is 14.4 Å². The number of rotatable bonds is 7. The van der Waals surface area contributed by atoms with Crippen LogP contribution in [0.4, 0.5) is 5.69 Å². The summed E-state index contributed by atoms with van der Waals surface area (Å²) >= 11 is 12.5. The number of hydrogen-bond donors (Lipinski definition) is 3. The first-order valence-corrected chi connectivity index (χ1v) is 12.6. The summed E-state index contributed by atoms with van der Waals surface area (Å²) in [4.78, 5) is 40.2. The van der Waals surface area contributed by atoms with Crippen LogP contribution in [0.5, 0.6) is 0 Å². The van der Waals surface area contributed by atoms with E-state index < -0.39 is 6.04 Å². The fourth-order valence-corrected chi connectivity index (χ4v) is 5.15. The Morgan fingerprint density at radius 3 is 2.28 bits per heavy atom. The molecule has 1 atom stereocenters. The number of aldehydes is 1. The number of carbonyl (C=O) groups is 3. The summed E-state index contributed by atoms with van der Waals surface area (Å²) in [5.41, 5.74) is 9.49. The second-order valence-corrected chi connectivity index (χ2v) is 10.1. The minimum atomic E-state index is -0.532. The summed E-state index contributed by atoms with van der Waals surface area (Å²) in [7, 11) is 0. The SMILES string of the molecule is CC(=O)c1cnc2ccc(-c3cc(Cl)c(C=O)c(Cl)c3)cc2c1NC1CCC(NC(=O)C(C)N)CC1. The highest BCUT2D eigenvalue weighted by molar-refractivity contribution is 6.39. The minimum absolute atomic E-state index is 0.0865. The fourth-order valence-electron chi connectivity index (χ4n) is 4.58. The molecular weight excluding hydrogens is 499 g/mol. The Balaban J connectivity index is 1.66. The van der Waals surface area contributed by atoms with Crippen LogP contribution >= 0.6 is 23.2 Å². The van der Waals surface area contributed by atoms with Crippen LogP contribution in [0, 0.1) is 0 Å². The molecule has 0 aliphatic heterocycles. The number of ketones is 1. The molecule has 2 aromatic carbocycles. The van der Waals surface area contributed by atoms with Crippen molar-refractivity contribution >= 4 is 57.8 Å². The molecule has 1 unspecified atom stereocenters. The van der Waals surface area contributed by atoms with Gasteiger partial charge in [-0.05, 0) is 74.9 Å². The standard InChI is InChI=1S/C27H28Cl2N4O3/c1-14(30)27(36)33-19-6-4-18(5-7-19)32-26-20-9-16(3-8-25(20)31-12-21(26)15(2)35)17-10-23(28)22(13-34)24(29)11-17/h3,8-14,18-19H,4-7,30H2,1-2H3,(H,31,32)(H,33,36). The van der Waals surface area contributed by atoms with Gasteiger partial charge >= 0.3 is 0 Å². The van der Waals surface area contributed by atoms with Crippen LogP contribution in [-0.4, -0.2) is 41.1 Å². The normalized spacial score (nSPS) is 18.5. The largest absolute Gasteiger partial charge is 0.381 e. The van der Waals surface area contributed by atoms with Crippen LogP contribution in [0.1, 0.15) is 60.2 Å². The van der Waals surface area contributed by atoms with Crippen molar-refractivity contribution in [2.45, 2.75) is 57.7 Å². The predicted octanol–water partition coefficient (Wildman–Crippen LogP) is 5.41. The van der Waals surface area contributed by atoms with Crippen molar-refractivity contribution in [3.05, 3.63) is 57.7 Å². The second-order valence-electron chi connectivity index (χ2n) is 9.30. The number of benzene rings is 2. The summed E-state index contributed by atoms with van der Waals surface area (Å²) < 4.78 is 0. The van der Waals surface area contributed by atoms with Gasteiger partial charge < -0.3 is 16.4 Å². The van der Waals surface area contributed by atoms with Crippen LogP contribution in [0.2, 0.25) is 10.0 Å². The number of nitrogens with zero attached hydrogens (tertiary/aromatic N) is 1. The Bertz CT molecular complexity index is 1310. The number of hydrogen-bond acceptors (Lipinski definition) is 6. The van der Waals surface area contributed by atoms with Gasteiger partial charge in [-0.2, -0.15) is 0 Å². The van der Waals surface area contributed by atoms with E-state index in [1.807, 2.05) is 18.2 Å². The molecule has 1 fully saturated rings. The van der Waals surface area contributed by atoms with Crippen LogP contribution in [0.15, 0.2) is 36.5 Å². The Morgan fingerprint density at radius 1 is 1.06 bits per heavy atom. The van der Waals surface area contributed by atoms with Gasteiger partial charge in [-0.15, -0.1) is 0 Å². The third-order valence-corrected chi connectivity index (χ3v) is 7.24. The molecule has 3 aromatic rings. The fraction of sp³-hybridized carbons (Fsp3) is 0.333. The molecule has 1 heterocycles. The maximum atomic E-state index is 12.5. The number of anilines is 1. The molecule has 1 aromatic heterocycles. The highest BCUT2D eigenvalue weighted by Gasteiger charge is 2.25. The minimum Gasteiger partial charge on any atom is -0.381 e. The topological polar surface area (TPSA) is 114 Å². The lowest BCUT2D eigenvalue weighted by atomic mass is 9.90. The van der Waals surface area contributed by atoms with Crippen molar-refractivity contribution < 1.29 is 14.4 Å². The zero-order chi connectivity index (χ0) is 26.0. The number of nitrogens with two attached hydrogens (primary N) is 1. The van der Waals surface area contributed by atoms with Crippen molar-refractivity contribution in [1.29, 1.82) is 0 Å². The first-order valence-electron chi connectivity index (χ1n) is 11.9. The molecule has 9 heteroatoms. The predicted molar refractivity (Wildman–Crippen MR) is 144 cm³/mol. The smallest absolute Gasteiger partial charge is 0.236 e. The van der Waals surface area contributed by atoms with Crippen molar-refractivity contribution in [2.24, 2.45) is 5.73 Å². The molecular formula is C27H28Cl2N4O3. The van der Waals surface area contributed by atoms with Gasteiger partial charge in [0.2, 0.25) is 5.91 Å². The molecule has 0 spiro atoms. The van der Waals surface area contributed by atoms with Crippen molar-refractivity contribution in [3.63, 3.8) is 0 Å². The zero-order valence-corrected chi connectivity index (χ0v) is 21.6. The highest BCUT2D eigenvalue weighted by Crippen LogP contribution is 2.35. The van der Waals surface area contributed by atoms with E-state index in [0.717, 1.165) is 53.4 Å². The lowest BCUT2D eigenvalue weighted by Crippen LogP contribution is -2.46. The molecule has 4 N–H and O–H groups in total. The summed E-state index contributed by atoms with van der Waals surface area (Å²) in [6, 6.07) is 8.84. The molecule has 1 aliphatic carbocycles. The van der Waals surface area contributed by atoms with E-state index in [1.165, 1.54) is 6.92 Å². The van der Waals surface area contributed by atoms with Gasteiger partial charge in [0.1, 0.15) is 0 Å². The zero-order valence-electron chi connectivity index (χ0n) is 20.1. The molecule has 1 saturated carbocycles. The van der Waals surface area contributed by atoms with Crippen LogP contribution in [0.3, 0.4) is 0 Å². The second kappa shape index (κ2) is 10.9. The Hall–Kier alpha value is -3.00. The number of halogens is 2. The summed E-state index contributed by atoms with van der Waals surface area (Å²) in [5.74, 6) is -0.226. The Labute approximate surface area is 219 Å². The average Bonchev–Trinajstić information content (AvgIpc) is 2.84. The molecule has 36 heavy (non-hydrogen) atoms. The number of nitrogens with one attached hydrogen (secondary N) is 2. The van der Waals surface area contributed by atoms with Crippen LogP contribution < -0.4 is 16.4 Å². The number of carbonyl (C=O) groups excluding carboxylic acids is 3. The van der Waals surface area contributed by atoms with Gasteiger partial charge in [-0.1, -0.05) is 29.3 Å². The summed E-state index contributed by atoms with van der Waals surface area (Å²) in [6.45, 7) is 3.20. The highest BCUT2D eigenvalue weighted by atomic mass is 35.5. The first kappa shape index (κ1) is 26.1. The maximum absolute atomic E-state index is 12.5.